The van der Waals surface area contributed by atoms with Crippen molar-refractivity contribution in [1.29, 1.82) is 0 Å². The second kappa shape index (κ2) is 13.3. The molecule has 43 heavy (non-hydrogen) atoms. The maximum Gasteiger partial charge on any atom is 0.338 e. The van der Waals surface area contributed by atoms with Gasteiger partial charge in [0, 0.05) is 24.7 Å². The van der Waals surface area contributed by atoms with Gasteiger partial charge in [-0.05, 0) is 49.8 Å². The van der Waals surface area contributed by atoms with E-state index >= 15 is 0 Å². The molecule has 226 valence electrons. The Bertz CT molecular complexity index is 1720. The molecule has 1 atom stereocenters. The van der Waals surface area contributed by atoms with Crippen molar-refractivity contribution in [1.82, 2.24) is 9.47 Å². The van der Waals surface area contributed by atoms with Crippen LogP contribution >= 0.6 is 11.3 Å². The van der Waals surface area contributed by atoms with Gasteiger partial charge in [-0.25, -0.2) is 9.79 Å². The molecule has 1 fully saturated rings. The number of thiazole rings is 1. The monoisotopic (exact) mass is 607 g/mol. The average Bonchev–Trinajstić information content (AvgIpc) is 3.33. The summed E-state index contributed by atoms with van der Waals surface area (Å²) in [6.07, 6.45) is 1.76. The fraction of sp³-hybridized carbons (Fsp3) is 0.355. The van der Waals surface area contributed by atoms with Crippen LogP contribution in [0.15, 0.2) is 63.5 Å². The van der Waals surface area contributed by atoms with Gasteiger partial charge in [0.2, 0.25) is 0 Å². The molecular weight excluding hydrogens is 574 g/mol. The van der Waals surface area contributed by atoms with Crippen LogP contribution in [0.5, 0.6) is 17.2 Å². The molecule has 1 saturated heterocycles. The van der Waals surface area contributed by atoms with Crippen LogP contribution in [-0.2, 0) is 19.1 Å². The third kappa shape index (κ3) is 6.35. The first-order chi connectivity index (χ1) is 20.8. The molecule has 3 heterocycles. The fourth-order valence-corrected chi connectivity index (χ4v) is 6.04. The van der Waals surface area contributed by atoms with E-state index in [0.29, 0.717) is 64.1 Å². The van der Waals surface area contributed by atoms with Crippen LogP contribution in [0.4, 0.5) is 0 Å². The van der Waals surface area contributed by atoms with Crippen LogP contribution < -0.4 is 29.1 Å². The second-order valence-electron chi connectivity index (χ2n) is 9.76. The van der Waals surface area contributed by atoms with Crippen LogP contribution in [-0.4, -0.2) is 75.1 Å². The number of carbonyl (C=O) groups excluding carboxylic acids is 2. The quantitative estimate of drug-likeness (QED) is 0.340. The Morgan fingerprint density at radius 1 is 1.07 bits per heavy atom. The fourth-order valence-electron chi connectivity index (χ4n) is 4.99. The highest BCUT2D eigenvalue weighted by atomic mass is 32.1. The van der Waals surface area contributed by atoms with E-state index in [2.05, 4.69) is 4.99 Å². The number of carbonyl (C=O) groups is 2. The second-order valence-corrected chi connectivity index (χ2v) is 10.8. The zero-order valence-electron chi connectivity index (χ0n) is 24.5. The highest BCUT2D eigenvalue weighted by Crippen LogP contribution is 2.37. The van der Waals surface area contributed by atoms with E-state index < -0.39 is 12.0 Å². The lowest BCUT2D eigenvalue weighted by atomic mass is 9.95. The van der Waals surface area contributed by atoms with Crippen LogP contribution in [0.1, 0.15) is 31.0 Å². The molecule has 5 rings (SSSR count). The van der Waals surface area contributed by atoms with Crippen molar-refractivity contribution in [2.45, 2.75) is 19.9 Å². The van der Waals surface area contributed by atoms with E-state index in [9.17, 15) is 14.4 Å². The number of hydrogen-bond donors (Lipinski definition) is 0. The molecule has 0 saturated carbocycles. The van der Waals surface area contributed by atoms with Gasteiger partial charge in [-0.2, -0.15) is 0 Å². The Balaban J connectivity index is 1.48. The predicted octanol–water partition coefficient (Wildman–Crippen LogP) is 2.05. The topological polar surface area (TPSA) is 118 Å². The largest absolute Gasteiger partial charge is 0.497 e. The molecule has 12 heteroatoms. The number of rotatable bonds is 9. The summed E-state index contributed by atoms with van der Waals surface area (Å²) < 4.78 is 29.3. The van der Waals surface area contributed by atoms with Gasteiger partial charge in [0.05, 0.1) is 49.8 Å². The first-order valence-corrected chi connectivity index (χ1v) is 14.7. The number of allylic oxidation sites excluding steroid dienone is 1. The van der Waals surface area contributed by atoms with Gasteiger partial charge < -0.3 is 28.6 Å². The summed E-state index contributed by atoms with van der Waals surface area (Å²) in [6.45, 7) is 5.76. The van der Waals surface area contributed by atoms with Gasteiger partial charge >= 0.3 is 5.97 Å². The van der Waals surface area contributed by atoms with Crippen molar-refractivity contribution in [3.63, 3.8) is 0 Å². The molecule has 0 spiro atoms. The number of nitrogens with zero attached hydrogens (tertiary/aromatic N) is 3. The summed E-state index contributed by atoms with van der Waals surface area (Å²) in [6, 6.07) is 11.6. The lowest BCUT2D eigenvalue weighted by Gasteiger charge is -2.26. The number of benzene rings is 2. The van der Waals surface area contributed by atoms with Crippen molar-refractivity contribution in [2.24, 2.45) is 4.99 Å². The molecule has 0 bridgehead atoms. The number of methoxy groups -OCH3 is 2. The maximum absolute atomic E-state index is 13.9. The summed E-state index contributed by atoms with van der Waals surface area (Å²) >= 11 is 1.23. The minimum atomic E-state index is -0.821. The van der Waals surface area contributed by atoms with E-state index in [1.807, 2.05) is 12.1 Å². The average molecular weight is 608 g/mol. The molecule has 2 aromatic carbocycles. The SMILES string of the molecule is CCOC(=O)C1=C(C)N=c2s/c(=C/c3ccc(OCC(=O)N4CCOCC4)cc3)c(=O)n2[C@@H]1c1ccc(OC)cc1OC. The van der Waals surface area contributed by atoms with Crippen LogP contribution in [0.3, 0.4) is 0 Å². The molecule has 0 N–H and O–H groups in total. The van der Waals surface area contributed by atoms with Crippen LogP contribution in [0, 0.1) is 0 Å². The number of hydrogen-bond acceptors (Lipinski definition) is 10. The predicted molar refractivity (Wildman–Crippen MR) is 159 cm³/mol. The molecule has 0 unspecified atom stereocenters. The molecule has 2 aliphatic rings. The number of ether oxygens (including phenoxy) is 5. The molecule has 11 nitrogen and oxygen atoms in total. The van der Waals surface area contributed by atoms with Gasteiger partial charge in [-0.3, -0.25) is 14.2 Å². The van der Waals surface area contributed by atoms with Crippen molar-refractivity contribution in [3.8, 4) is 17.2 Å². The minimum Gasteiger partial charge on any atom is -0.497 e. The van der Waals surface area contributed by atoms with Gasteiger partial charge in [0.1, 0.15) is 23.3 Å². The van der Waals surface area contributed by atoms with E-state index in [1.165, 1.54) is 23.0 Å². The van der Waals surface area contributed by atoms with Crippen LogP contribution in [0.2, 0.25) is 0 Å². The van der Waals surface area contributed by atoms with Crippen molar-refractivity contribution < 1.29 is 33.3 Å². The van der Waals surface area contributed by atoms with E-state index in [0.717, 1.165) is 5.56 Å². The smallest absolute Gasteiger partial charge is 0.338 e. The molecule has 3 aromatic rings. The Hall–Kier alpha value is -4.42. The van der Waals surface area contributed by atoms with Gasteiger partial charge in [-0.1, -0.05) is 23.5 Å². The first-order valence-electron chi connectivity index (χ1n) is 13.8. The Morgan fingerprint density at radius 3 is 2.47 bits per heavy atom. The molecule has 0 radical (unpaired) electrons. The van der Waals surface area contributed by atoms with Gasteiger partial charge in [0.15, 0.2) is 11.4 Å². The van der Waals surface area contributed by atoms with Crippen molar-refractivity contribution in [3.05, 3.63) is 84.5 Å². The molecular formula is C31H33N3O8S. The van der Waals surface area contributed by atoms with E-state index in [1.54, 1.807) is 62.3 Å². The number of amides is 1. The summed E-state index contributed by atoms with van der Waals surface area (Å²) in [7, 11) is 3.07. The highest BCUT2D eigenvalue weighted by Gasteiger charge is 2.35. The Labute approximate surface area is 252 Å². The maximum atomic E-state index is 13.9. The minimum absolute atomic E-state index is 0.0606. The summed E-state index contributed by atoms with van der Waals surface area (Å²) in [5.41, 5.74) is 1.77. The lowest BCUT2D eigenvalue weighted by Crippen LogP contribution is -2.42. The van der Waals surface area contributed by atoms with E-state index in [-0.39, 0.29) is 30.3 Å². The van der Waals surface area contributed by atoms with Gasteiger partial charge in [0.25, 0.3) is 11.5 Å². The number of esters is 1. The Morgan fingerprint density at radius 2 is 1.79 bits per heavy atom. The standard InChI is InChI=1S/C31H33N3O8S/c1-5-41-30(37)27-19(2)32-31-34(28(27)23-11-10-22(38-3)17-24(23)39-4)29(36)25(43-31)16-20-6-8-21(9-7-20)42-18-26(35)33-12-14-40-15-13-33/h6-11,16-17,28H,5,12-15,18H2,1-4H3/b25-16+/t28-/m1/s1. The zero-order chi connectivity index (χ0) is 30.5. The number of morpholine rings is 1. The third-order valence-corrected chi connectivity index (χ3v) is 8.14. The summed E-state index contributed by atoms with van der Waals surface area (Å²) in [5, 5.41) is 0. The van der Waals surface area contributed by atoms with Crippen molar-refractivity contribution >= 4 is 29.3 Å². The van der Waals surface area contributed by atoms with Gasteiger partial charge in [-0.15, -0.1) is 0 Å². The highest BCUT2D eigenvalue weighted by molar-refractivity contribution is 7.07. The number of fused-ring (bicyclic) bond motifs is 1. The van der Waals surface area contributed by atoms with Crippen LogP contribution in [0.25, 0.3) is 6.08 Å². The van der Waals surface area contributed by atoms with E-state index in [4.69, 9.17) is 23.7 Å². The molecule has 1 amide bonds. The third-order valence-electron chi connectivity index (χ3n) is 7.16. The summed E-state index contributed by atoms with van der Waals surface area (Å²) in [4.78, 5) is 46.3. The summed E-state index contributed by atoms with van der Waals surface area (Å²) in [5.74, 6) is 0.932. The molecule has 1 aromatic heterocycles. The van der Waals surface area contributed by atoms with Crippen molar-refractivity contribution in [2.75, 3.05) is 53.7 Å². The first kappa shape index (κ1) is 30.1. The Kier molecular flexibility index (Phi) is 9.27. The molecule has 2 aliphatic heterocycles. The normalized spacial score (nSPS) is 16.8. The molecule has 0 aliphatic carbocycles. The number of aromatic nitrogens is 1. The lowest BCUT2D eigenvalue weighted by molar-refractivity contribution is -0.139. The zero-order valence-corrected chi connectivity index (χ0v) is 25.3.